The molecule has 1 fully saturated rings. The molecule has 0 unspecified atom stereocenters. The van der Waals surface area contributed by atoms with E-state index in [9.17, 15) is 9.50 Å². The topological polar surface area (TPSA) is 45.1 Å². The van der Waals surface area contributed by atoms with Gasteiger partial charge in [0.25, 0.3) is 0 Å². The number of hydrogen-bond acceptors (Lipinski definition) is 3. The Kier molecular flexibility index (Phi) is 3.94. The number of aliphatic hydroxyl groups excluding tert-OH is 1. The van der Waals surface area contributed by atoms with Crippen LogP contribution in [0, 0.1) is 0 Å². The van der Waals surface area contributed by atoms with E-state index in [1.807, 2.05) is 24.3 Å². The van der Waals surface area contributed by atoms with Crippen molar-refractivity contribution in [3.05, 3.63) is 42.2 Å². The molecule has 3 atom stereocenters. The second-order valence-corrected chi connectivity index (χ2v) is 5.47. The molecule has 1 aliphatic rings. The van der Waals surface area contributed by atoms with E-state index < -0.39 is 12.3 Å². The number of fused-ring (bicyclic) bond motifs is 1. The fourth-order valence-electron chi connectivity index (χ4n) is 2.96. The number of hydrogen-bond donors (Lipinski definition) is 2. The number of aromatic nitrogens is 1. The van der Waals surface area contributed by atoms with E-state index in [-0.39, 0.29) is 6.04 Å². The van der Waals surface area contributed by atoms with E-state index >= 15 is 0 Å². The van der Waals surface area contributed by atoms with Gasteiger partial charge in [0.2, 0.25) is 0 Å². The molecule has 2 aromatic rings. The fraction of sp³-hybridized carbons (Fsp3) is 0.438. The quantitative estimate of drug-likeness (QED) is 0.904. The minimum absolute atomic E-state index is 0.0423. The van der Waals surface area contributed by atoms with Gasteiger partial charge in [0.15, 0.2) is 0 Å². The van der Waals surface area contributed by atoms with Crippen LogP contribution in [0.15, 0.2) is 36.7 Å². The monoisotopic (exact) mass is 274 g/mol. The van der Waals surface area contributed by atoms with Crippen molar-refractivity contribution in [2.24, 2.45) is 0 Å². The molecule has 1 aromatic heterocycles. The van der Waals surface area contributed by atoms with Crippen molar-refractivity contribution < 1.29 is 9.50 Å². The first kappa shape index (κ1) is 13.5. The highest BCUT2D eigenvalue weighted by molar-refractivity contribution is 5.85. The number of rotatable bonds is 3. The van der Waals surface area contributed by atoms with Gasteiger partial charge in [-0.25, -0.2) is 4.39 Å². The van der Waals surface area contributed by atoms with E-state index in [1.54, 1.807) is 12.4 Å². The maximum atomic E-state index is 13.4. The highest BCUT2D eigenvalue weighted by Crippen LogP contribution is 2.28. The number of nitrogens with one attached hydrogen (secondary N) is 1. The summed E-state index contributed by atoms with van der Waals surface area (Å²) in [7, 11) is 0. The summed E-state index contributed by atoms with van der Waals surface area (Å²) in [4.78, 5) is 4.13. The van der Waals surface area contributed by atoms with Gasteiger partial charge in [-0.1, -0.05) is 18.2 Å². The first-order chi connectivity index (χ1) is 9.74. The Balaban J connectivity index is 1.80. The predicted octanol–water partition coefficient (Wildman–Crippen LogP) is 2.75. The standard InChI is InChI=1S/C16H19FN2O/c17-12-5-7-19-13(8-12)9-16(20)14-3-1-2-11-4-6-18-10-15(11)14/h1-4,6,10,12-13,16,19-20H,5,7-9H2/t12-,13-,16-/m0/s1. The summed E-state index contributed by atoms with van der Waals surface area (Å²) in [6, 6.07) is 7.84. The van der Waals surface area contributed by atoms with Crippen LogP contribution < -0.4 is 5.32 Å². The lowest BCUT2D eigenvalue weighted by atomic mass is 9.93. The van der Waals surface area contributed by atoms with Crippen molar-refractivity contribution in [1.29, 1.82) is 0 Å². The lowest BCUT2D eigenvalue weighted by molar-refractivity contribution is 0.129. The first-order valence-electron chi connectivity index (χ1n) is 7.12. The van der Waals surface area contributed by atoms with E-state index in [0.717, 1.165) is 16.3 Å². The predicted molar refractivity (Wildman–Crippen MR) is 77.2 cm³/mol. The smallest absolute Gasteiger partial charge is 0.103 e. The van der Waals surface area contributed by atoms with Crippen LogP contribution in [0.4, 0.5) is 4.39 Å². The van der Waals surface area contributed by atoms with Crippen LogP contribution in [-0.4, -0.2) is 28.8 Å². The Morgan fingerprint density at radius 2 is 2.30 bits per heavy atom. The number of alkyl halides is 1. The highest BCUT2D eigenvalue weighted by atomic mass is 19.1. The maximum absolute atomic E-state index is 13.4. The molecule has 1 saturated heterocycles. The third-order valence-electron chi connectivity index (χ3n) is 4.02. The lowest BCUT2D eigenvalue weighted by Gasteiger charge is -2.28. The molecule has 106 valence electrons. The minimum atomic E-state index is -0.748. The van der Waals surface area contributed by atoms with Crippen LogP contribution >= 0.6 is 0 Å². The van der Waals surface area contributed by atoms with Gasteiger partial charge in [-0.3, -0.25) is 4.98 Å². The van der Waals surface area contributed by atoms with Gasteiger partial charge in [-0.15, -0.1) is 0 Å². The minimum Gasteiger partial charge on any atom is -0.388 e. The second kappa shape index (κ2) is 5.85. The molecule has 2 heterocycles. The van der Waals surface area contributed by atoms with Crippen LogP contribution in [0.1, 0.15) is 30.9 Å². The molecule has 0 saturated carbocycles. The van der Waals surface area contributed by atoms with Gasteiger partial charge in [0, 0.05) is 23.8 Å². The summed E-state index contributed by atoms with van der Waals surface area (Å²) < 4.78 is 13.4. The molecule has 0 aliphatic carbocycles. The third-order valence-corrected chi connectivity index (χ3v) is 4.02. The van der Waals surface area contributed by atoms with Crippen molar-refractivity contribution in [3.8, 4) is 0 Å². The summed E-state index contributed by atoms with van der Waals surface area (Å²) in [6.45, 7) is 0.690. The summed E-state index contributed by atoms with van der Waals surface area (Å²) in [5, 5.41) is 15.8. The van der Waals surface area contributed by atoms with Gasteiger partial charge in [0.05, 0.1) is 6.10 Å². The molecule has 0 spiro atoms. The van der Waals surface area contributed by atoms with Crippen LogP contribution in [0.3, 0.4) is 0 Å². The Labute approximate surface area is 117 Å². The highest BCUT2D eigenvalue weighted by Gasteiger charge is 2.24. The number of piperidine rings is 1. The number of halogens is 1. The molecule has 0 bridgehead atoms. The molecule has 20 heavy (non-hydrogen) atoms. The molecular formula is C16H19FN2O. The Morgan fingerprint density at radius 3 is 3.15 bits per heavy atom. The molecule has 0 amide bonds. The number of benzene rings is 1. The number of pyridine rings is 1. The van der Waals surface area contributed by atoms with Crippen molar-refractivity contribution in [1.82, 2.24) is 10.3 Å². The van der Waals surface area contributed by atoms with Crippen LogP contribution in [-0.2, 0) is 0 Å². The second-order valence-electron chi connectivity index (χ2n) is 5.47. The molecule has 1 aliphatic heterocycles. The van der Waals surface area contributed by atoms with Crippen molar-refractivity contribution in [2.75, 3.05) is 6.54 Å². The molecular weight excluding hydrogens is 255 g/mol. The fourth-order valence-corrected chi connectivity index (χ4v) is 2.96. The molecule has 2 N–H and O–H groups in total. The van der Waals surface area contributed by atoms with Gasteiger partial charge < -0.3 is 10.4 Å². The van der Waals surface area contributed by atoms with E-state index in [0.29, 0.717) is 25.8 Å². The Hall–Kier alpha value is -1.52. The average molecular weight is 274 g/mol. The van der Waals surface area contributed by atoms with Gasteiger partial charge in [0.1, 0.15) is 6.17 Å². The SMILES string of the molecule is O[C@@H](C[C@@H]1C[C@@H](F)CCN1)c1cccc2ccncc12. The van der Waals surface area contributed by atoms with Crippen LogP contribution in [0.2, 0.25) is 0 Å². The maximum Gasteiger partial charge on any atom is 0.103 e. The van der Waals surface area contributed by atoms with E-state index in [4.69, 9.17) is 0 Å². The summed E-state index contributed by atoms with van der Waals surface area (Å²) in [6.07, 6.45) is 3.78. The van der Waals surface area contributed by atoms with E-state index in [1.165, 1.54) is 0 Å². The molecule has 0 radical (unpaired) electrons. The molecule has 1 aromatic carbocycles. The third kappa shape index (κ3) is 2.81. The van der Waals surface area contributed by atoms with E-state index in [2.05, 4.69) is 10.3 Å². The first-order valence-corrected chi connectivity index (χ1v) is 7.12. The van der Waals surface area contributed by atoms with Gasteiger partial charge >= 0.3 is 0 Å². The Bertz CT molecular complexity index is 584. The number of aliphatic hydroxyl groups is 1. The Morgan fingerprint density at radius 1 is 1.40 bits per heavy atom. The zero-order valence-corrected chi connectivity index (χ0v) is 11.3. The number of nitrogens with zero attached hydrogens (tertiary/aromatic N) is 1. The molecule has 4 heteroatoms. The summed E-state index contributed by atoms with van der Waals surface area (Å²) >= 11 is 0. The van der Waals surface area contributed by atoms with Crippen LogP contribution in [0.5, 0.6) is 0 Å². The summed E-state index contributed by atoms with van der Waals surface area (Å²) in [5.41, 5.74) is 0.874. The van der Waals surface area contributed by atoms with Crippen LogP contribution in [0.25, 0.3) is 10.8 Å². The molecule has 3 nitrogen and oxygen atoms in total. The van der Waals surface area contributed by atoms with Crippen molar-refractivity contribution in [2.45, 2.75) is 37.6 Å². The summed E-state index contributed by atoms with van der Waals surface area (Å²) in [5.74, 6) is 0. The largest absolute Gasteiger partial charge is 0.388 e. The zero-order valence-electron chi connectivity index (χ0n) is 11.3. The molecule has 3 rings (SSSR count). The zero-order chi connectivity index (χ0) is 13.9. The lowest BCUT2D eigenvalue weighted by Crippen LogP contribution is -2.39. The van der Waals surface area contributed by atoms with Crippen molar-refractivity contribution in [3.63, 3.8) is 0 Å². The van der Waals surface area contributed by atoms with Gasteiger partial charge in [-0.2, -0.15) is 0 Å². The normalized spacial score (nSPS) is 24.7. The van der Waals surface area contributed by atoms with Crippen molar-refractivity contribution >= 4 is 10.8 Å². The van der Waals surface area contributed by atoms with Gasteiger partial charge in [-0.05, 0) is 42.8 Å². The average Bonchev–Trinajstić information content (AvgIpc) is 2.46.